The number of carbonyl (C=O) groups is 1. The van der Waals surface area contributed by atoms with Crippen LogP contribution in [0.25, 0.3) is 0 Å². The van der Waals surface area contributed by atoms with Gasteiger partial charge in [0.15, 0.2) is 0 Å². The van der Waals surface area contributed by atoms with Gasteiger partial charge in [-0.3, -0.25) is 4.79 Å². The zero-order valence-electron chi connectivity index (χ0n) is 9.99. The molecule has 0 spiro atoms. The third-order valence-corrected chi connectivity index (χ3v) is 2.83. The zero-order chi connectivity index (χ0) is 11.8. The molecule has 1 saturated carbocycles. The standard InChI is InChI=1S/C8H8O.C6H13N/c1-7-3-2-4-8(5-7)6-9;7-6-4-2-1-3-5-6/h2-6H,1H3;6H,1-5,7H2. The average Bonchev–Trinajstić information content (AvgIpc) is 2.31. The van der Waals surface area contributed by atoms with Gasteiger partial charge in [0.05, 0.1) is 0 Å². The summed E-state index contributed by atoms with van der Waals surface area (Å²) < 4.78 is 0. The van der Waals surface area contributed by atoms with Crippen molar-refractivity contribution in [1.82, 2.24) is 0 Å². The van der Waals surface area contributed by atoms with Gasteiger partial charge in [0.25, 0.3) is 0 Å². The van der Waals surface area contributed by atoms with Crippen LogP contribution in [0.5, 0.6) is 0 Å². The molecule has 2 nitrogen and oxygen atoms in total. The molecule has 2 N–H and O–H groups in total. The Balaban J connectivity index is 0.000000165. The molecule has 1 aromatic rings. The summed E-state index contributed by atoms with van der Waals surface area (Å²) in [6.45, 7) is 1.97. The molecule has 0 aliphatic heterocycles. The number of rotatable bonds is 1. The van der Waals surface area contributed by atoms with Gasteiger partial charge in [0.1, 0.15) is 6.29 Å². The first-order valence-corrected chi connectivity index (χ1v) is 6.00. The van der Waals surface area contributed by atoms with Crippen molar-refractivity contribution in [3.05, 3.63) is 35.4 Å². The average molecular weight is 219 g/mol. The molecule has 2 heteroatoms. The number of hydrogen-bond donors (Lipinski definition) is 1. The summed E-state index contributed by atoms with van der Waals surface area (Å²) in [7, 11) is 0. The number of nitrogens with two attached hydrogens (primary N) is 1. The molecule has 0 heterocycles. The smallest absolute Gasteiger partial charge is 0.150 e. The first-order chi connectivity index (χ1) is 7.72. The van der Waals surface area contributed by atoms with Crippen LogP contribution in [0, 0.1) is 6.92 Å². The maximum Gasteiger partial charge on any atom is 0.150 e. The number of hydrogen-bond acceptors (Lipinski definition) is 2. The van der Waals surface area contributed by atoms with Gasteiger partial charge in [-0.2, -0.15) is 0 Å². The first-order valence-electron chi connectivity index (χ1n) is 6.00. The van der Waals surface area contributed by atoms with Crippen LogP contribution in [0.15, 0.2) is 24.3 Å². The number of aryl methyl sites for hydroxylation is 1. The Morgan fingerprint density at radius 1 is 1.25 bits per heavy atom. The van der Waals surface area contributed by atoms with Crippen LogP contribution in [-0.4, -0.2) is 12.3 Å². The normalized spacial score (nSPS) is 16.1. The minimum atomic E-state index is 0.536. The van der Waals surface area contributed by atoms with E-state index in [0.29, 0.717) is 6.04 Å². The SMILES string of the molecule is Cc1cccc(C=O)c1.NC1CCCCC1. The lowest BCUT2D eigenvalue weighted by Crippen LogP contribution is -2.22. The Morgan fingerprint density at radius 2 is 1.94 bits per heavy atom. The molecule has 1 aliphatic carbocycles. The Kier molecular flexibility index (Phi) is 5.79. The first kappa shape index (κ1) is 12.9. The second-order valence-corrected chi connectivity index (χ2v) is 4.43. The van der Waals surface area contributed by atoms with Gasteiger partial charge in [-0.05, 0) is 25.8 Å². The predicted molar refractivity (Wildman–Crippen MR) is 67.6 cm³/mol. The molecule has 1 aromatic carbocycles. The molecule has 0 saturated heterocycles. The van der Waals surface area contributed by atoms with Crippen molar-refractivity contribution < 1.29 is 4.79 Å². The van der Waals surface area contributed by atoms with Crippen LogP contribution in [0.2, 0.25) is 0 Å². The second kappa shape index (κ2) is 7.18. The van der Waals surface area contributed by atoms with Crippen molar-refractivity contribution in [2.24, 2.45) is 5.73 Å². The zero-order valence-corrected chi connectivity index (χ0v) is 9.99. The summed E-state index contributed by atoms with van der Waals surface area (Å²) in [5.41, 5.74) is 7.50. The summed E-state index contributed by atoms with van der Waals surface area (Å²) in [5.74, 6) is 0. The molecule has 0 amide bonds. The molecule has 1 aliphatic rings. The largest absolute Gasteiger partial charge is 0.328 e. The van der Waals surface area contributed by atoms with Gasteiger partial charge in [-0.25, -0.2) is 0 Å². The highest BCUT2D eigenvalue weighted by molar-refractivity contribution is 5.74. The number of benzene rings is 1. The van der Waals surface area contributed by atoms with Crippen molar-refractivity contribution in [1.29, 1.82) is 0 Å². The summed E-state index contributed by atoms with van der Waals surface area (Å²) in [4.78, 5) is 10.2. The van der Waals surface area contributed by atoms with E-state index < -0.39 is 0 Å². The third kappa shape index (κ3) is 5.08. The van der Waals surface area contributed by atoms with Crippen LogP contribution in [0.4, 0.5) is 0 Å². The molecule has 88 valence electrons. The van der Waals surface area contributed by atoms with Crippen molar-refractivity contribution in [3.8, 4) is 0 Å². The monoisotopic (exact) mass is 219 g/mol. The van der Waals surface area contributed by atoms with Crippen LogP contribution >= 0.6 is 0 Å². The fourth-order valence-electron chi connectivity index (χ4n) is 1.88. The lowest BCUT2D eigenvalue weighted by Gasteiger charge is -2.15. The van der Waals surface area contributed by atoms with E-state index >= 15 is 0 Å². The van der Waals surface area contributed by atoms with E-state index in [4.69, 9.17) is 5.73 Å². The van der Waals surface area contributed by atoms with Gasteiger partial charge in [-0.15, -0.1) is 0 Å². The van der Waals surface area contributed by atoms with Crippen molar-refractivity contribution in [3.63, 3.8) is 0 Å². The highest BCUT2D eigenvalue weighted by Crippen LogP contribution is 2.14. The summed E-state index contributed by atoms with van der Waals surface area (Å²) >= 11 is 0. The lowest BCUT2D eigenvalue weighted by molar-refractivity contribution is 0.112. The summed E-state index contributed by atoms with van der Waals surface area (Å²) in [6, 6.07) is 8.02. The van der Waals surface area contributed by atoms with Crippen molar-refractivity contribution in [2.45, 2.75) is 45.1 Å². The minimum absolute atomic E-state index is 0.536. The van der Waals surface area contributed by atoms with Crippen LogP contribution in [-0.2, 0) is 0 Å². The van der Waals surface area contributed by atoms with E-state index in [9.17, 15) is 4.79 Å². The number of carbonyl (C=O) groups excluding carboxylic acids is 1. The van der Waals surface area contributed by atoms with Crippen LogP contribution in [0.1, 0.15) is 48.0 Å². The predicted octanol–water partition coefficient (Wildman–Crippen LogP) is 3.09. The van der Waals surface area contributed by atoms with Crippen molar-refractivity contribution in [2.75, 3.05) is 0 Å². The van der Waals surface area contributed by atoms with Gasteiger partial charge < -0.3 is 5.73 Å². The third-order valence-electron chi connectivity index (χ3n) is 2.83. The van der Waals surface area contributed by atoms with E-state index in [1.807, 2.05) is 25.1 Å². The maximum atomic E-state index is 10.2. The fraction of sp³-hybridized carbons (Fsp3) is 0.500. The minimum Gasteiger partial charge on any atom is -0.328 e. The van der Waals surface area contributed by atoms with E-state index in [1.54, 1.807) is 6.07 Å². The van der Waals surface area contributed by atoms with E-state index in [0.717, 1.165) is 17.4 Å². The molecular weight excluding hydrogens is 198 g/mol. The molecule has 0 unspecified atom stereocenters. The summed E-state index contributed by atoms with van der Waals surface area (Å²) in [6.07, 6.45) is 7.52. The Hall–Kier alpha value is -1.15. The lowest BCUT2D eigenvalue weighted by atomic mass is 9.97. The topological polar surface area (TPSA) is 43.1 Å². The van der Waals surface area contributed by atoms with E-state index in [1.165, 1.54) is 32.1 Å². The number of aldehydes is 1. The molecule has 0 bridgehead atoms. The van der Waals surface area contributed by atoms with Gasteiger partial charge in [0, 0.05) is 11.6 Å². The Morgan fingerprint density at radius 3 is 2.31 bits per heavy atom. The molecule has 16 heavy (non-hydrogen) atoms. The highest BCUT2D eigenvalue weighted by atomic mass is 16.1. The van der Waals surface area contributed by atoms with Crippen molar-refractivity contribution >= 4 is 6.29 Å². The maximum absolute atomic E-state index is 10.2. The van der Waals surface area contributed by atoms with Crippen LogP contribution < -0.4 is 5.73 Å². The molecule has 1 fully saturated rings. The molecule has 0 radical (unpaired) electrons. The summed E-state index contributed by atoms with van der Waals surface area (Å²) in [5, 5.41) is 0. The molecular formula is C14H21NO. The molecule has 2 rings (SSSR count). The van der Waals surface area contributed by atoms with Gasteiger partial charge >= 0.3 is 0 Å². The molecule has 0 atom stereocenters. The highest BCUT2D eigenvalue weighted by Gasteiger charge is 2.06. The fourth-order valence-corrected chi connectivity index (χ4v) is 1.88. The van der Waals surface area contributed by atoms with E-state index in [-0.39, 0.29) is 0 Å². The Bertz CT molecular complexity index is 316. The van der Waals surface area contributed by atoms with Gasteiger partial charge in [-0.1, -0.05) is 43.0 Å². The quantitative estimate of drug-likeness (QED) is 0.737. The molecule has 0 aromatic heterocycles. The van der Waals surface area contributed by atoms with Gasteiger partial charge in [0.2, 0.25) is 0 Å². The van der Waals surface area contributed by atoms with E-state index in [2.05, 4.69) is 0 Å². The Labute approximate surface area is 97.9 Å². The second-order valence-electron chi connectivity index (χ2n) is 4.43. The van der Waals surface area contributed by atoms with Crippen LogP contribution in [0.3, 0.4) is 0 Å².